The van der Waals surface area contributed by atoms with Crippen molar-refractivity contribution < 1.29 is 14.3 Å². The third-order valence-corrected chi connectivity index (χ3v) is 4.40. The Hall–Kier alpha value is -0.910. The van der Waals surface area contributed by atoms with Crippen LogP contribution in [0.2, 0.25) is 0 Å². The standard InChI is InChI=1S/C15H18BrNO3/c16-13-4-1-3-12(11-13)14(18)17-7-5-15(6-8-17)19-9-2-10-20-15/h1,3-4,11H,2,5-10H2. The number of likely N-dealkylation sites (tertiary alicyclic amines) is 1. The van der Waals surface area contributed by atoms with E-state index in [4.69, 9.17) is 9.47 Å². The smallest absolute Gasteiger partial charge is 0.253 e. The summed E-state index contributed by atoms with van der Waals surface area (Å²) in [6, 6.07) is 7.52. The van der Waals surface area contributed by atoms with Gasteiger partial charge in [-0.1, -0.05) is 22.0 Å². The van der Waals surface area contributed by atoms with Crippen LogP contribution >= 0.6 is 15.9 Å². The van der Waals surface area contributed by atoms with Crippen LogP contribution < -0.4 is 0 Å². The molecule has 0 radical (unpaired) electrons. The highest BCUT2D eigenvalue weighted by molar-refractivity contribution is 9.10. The SMILES string of the molecule is O=C(c1cccc(Br)c1)N1CCC2(CC1)OCCCO2. The largest absolute Gasteiger partial charge is 0.350 e. The zero-order valence-corrected chi connectivity index (χ0v) is 12.9. The number of carbonyl (C=O) groups is 1. The van der Waals surface area contributed by atoms with Crippen LogP contribution in [0.1, 0.15) is 29.6 Å². The molecule has 0 N–H and O–H groups in total. The molecule has 3 rings (SSSR count). The van der Waals surface area contributed by atoms with Crippen molar-refractivity contribution in [3.63, 3.8) is 0 Å². The molecule has 0 aromatic heterocycles. The van der Waals surface area contributed by atoms with Gasteiger partial charge in [-0.3, -0.25) is 4.79 Å². The van der Waals surface area contributed by atoms with Crippen LogP contribution in [0.5, 0.6) is 0 Å². The molecule has 0 aliphatic carbocycles. The van der Waals surface area contributed by atoms with E-state index in [1.807, 2.05) is 29.2 Å². The summed E-state index contributed by atoms with van der Waals surface area (Å²) in [5.41, 5.74) is 0.723. The fourth-order valence-corrected chi connectivity index (χ4v) is 3.16. The molecule has 1 aromatic rings. The van der Waals surface area contributed by atoms with Crippen molar-refractivity contribution in [2.24, 2.45) is 0 Å². The van der Waals surface area contributed by atoms with Crippen molar-refractivity contribution in [2.45, 2.75) is 25.0 Å². The van der Waals surface area contributed by atoms with Gasteiger partial charge < -0.3 is 14.4 Å². The van der Waals surface area contributed by atoms with Crippen molar-refractivity contribution in [1.29, 1.82) is 0 Å². The Morgan fingerprint density at radius 2 is 1.90 bits per heavy atom. The fraction of sp³-hybridized carbons (Fsp3) is 0.533. The number of nitrogens with zero attached hydrogens (tertiary/aromatic N) is 1. The van der Waals surface area contributed by atoms with E-state index < -0.39 is 5.79 Å². The fourth-order valence-electron chi connectivity index (χ4n) is 2.76. The van der Waals surface area contributed by atoms with Gasteiger partial charge in [0.05, 0.1) is 13.2 Å². The summed E-state index contributed by atoms with van der Waals surface area (Å²) in [6.07, 6.45) is 2.47. The zero-order valence-electron chi connectivity index (χ0n) is 11.3. The lowest BCUT2D eigenvalue weighted by molar-refractivity contribution is -0.281. The average molecular weight is 340 g/mol. The number of carbonyl (C=O) groups excluding carboxylic acids is 1. The Labute approximate surface area is 127 Å². The van der Waals surface area contributed by atoms with Crippen molar-refractivity contribution in [3.8, 4) is 0 Å². The first kappa shape index (κ1) is 14.0. The van der Waals surface area contributed by atoms with Gasteiger partial charge >= 0.3 is 0 Å². The molecule has 5 heteroatoms. The topological polar surface area (TPSA) is 38.8 Å². The normalized spacial score (nSPS) is 21.9. The van der Waals surface area contributed by atoms with Crippen molar-refractivity contribution in [1.82, 2.24) is 4.90 Å². The minimum absolute atomic E-state index is 0.0805. The molecule has 20 heavy (non-hydrogen) atoms. The summed E-state index contributed by atoms with van der Waals surface area (Å²) in [6.45, 7) is 2.90. The molecular formula is C15H18BrNO3. The molecule has 1 spiro atoms. The molecule has 1 amide bonds. The Morgan fingerprint density at radius 1 is 1.20 bits per heavy atom. The quantitative estimate of drug-likeness (QED) is 0.789. The van der Waals surface area contributed by atoms with Crippen molar-refractivity contribution >= 4 is 21.8 Å². The molecule has 0 atom stereocenters. The second kappa shape index (κ2) is 5.84. The Balaban J connectivity index is 1.64. The summed E-state index contributed by atoms with van der Waals surface area (Å²) in [5, 5.41) is 0. The van der Waals surface area contributed by atoms with E-state index in [9.17, 15) is 4.79 Å². The highest BCUT2D eigenvalue weighted by atomic mass is 79.9. The van der Waals surface area contributed by atoms with Gasteiger partial charge in [-0.25, -0.2) is 0 Å². The second-order valence-corrected chi connectivity index (χ2v) is 6.18. The van der Waals surface area contributed by atoms with Crippen LogP contribution in [-0.4, -0.2) is 42.9 Å². The maximum absolute atomic E-state index is 12.4. The molecule has 2 fully saturated rings. The van der Waals surface area contributed by atoms with E-state index in [0.717, 1.165) is 42.5 Å². The average Bonchev–Trinajstić information content (AvgIpc) is 2.48. The van der Waals surface area contributed by atoms with Crippen LogP contribution in [0.4, 0.5) is 0 Å². The number of ether oxygens (including phenoxy) is 2. The molecule has 2 saturated heterocycles. The van der Waals surface area contributed by atoms with Crippen LogP contribution in [0, 0.1) is 0 Å². The number of halogens is 1. The molecular weight excluding hydrogens is 322 g/mol. The van der Waals surface area contributed by atoms with E-state index in [1.165, 1.54) is 0 Å². The lowest BCUT2D eigenvalue weighted by atomic mass is 10.0. The van der Waals surface area contributed by atoms with Gasteiger partial charge in [0.25, 0.3) is 5.91 Å². The minimum atomic E-state index is -0.438. The molecule has 2 aliphatic rings. The highest BCUT2D eigenvalue weighted by Gasteiger charge is 2.39. The van der Waals surface area contributed by atoms with Gasteiger partial charge in [0.15, 0.2) is 5.79 Å². The van der Waals surface area contributed by atoms with E-state index in [0.29, 0.717) is 13.1 Å². The molecule has 1 aromatic carbocycles. The third kappa shape index (κ3) is 2.90. The first-order chi connectivity index (χ1) is 9.69. The molecule has 2 aliphatic heterocycles. The third-order valence-electron chi connectivity index (χ3n) is 3.90. The van der Waals surface area contributed by atoms with Crippen LogP contribution in [0.3, 0.4) is 0 Å². The van der Waals surface area contributed by atoms with Gasteiger partial charge in [0, 0.05) is 36.0 Å². The van der Waals surface area contributed by atoms with Crippen molar-refractivity contribution in [2.75, 3.05) is 26.3 Å². The van der Waals surface area contributed by atoms with Crippen LogP contribution in [-0.2, 0) is 9.47 Å². The lowest BCUT2D eigenvalue weighted by Gasteiger charge is -2.43. The van der Waals surface area contributed by atoms with E-state index in [-0.39, 0.29) is 5.91 Å². The minimum Gasteiger partial charge on any atom is -0.350 e. The maximum atomic E-state index is 12.4. The number of amides is 1. The van der Waals surface area contributed by atoms with E-state index in [1.54, 1.807) is 0 Å². The Bertz CT molecular complexity index is 490. The Kier molecular flexibility index (Phi) is 4.10. The predicted octanol–water partition coefficient (Wildman–Crippen LogP) is 2.82. The highest BCUT2D eigenvalue weighted by Crippen LogP contribution is 2.31. The summed E-state index contributed by atoms with van der Waals surface area (Å²) in [5.74, 6) is -0.358. The molecule has 0 unspecified atom stereocenters. The number of benzene rings is 1. The molecule has 0 bridgehead atoms. The van der Waals surface area contributed by atoms with Crippen molar-refractivity contribution in [3.05, 3.63) is 34.3 Å². The molecule has 2 heterocycles. The lowest BCUT2D eigenvalue weighted by Crippen LogP contribution is -2.51. The maximum Gasteiger partial charge on any atom is 0.253 e. The molecule has 108 valence electrons. The predicted molar refractivity (Wildman–Crippen MR) is 78.5 cm³/mol. The molecule has 4 nitrogen and oxygen atoms in total. The second-order valence-electron chi connectivity index (χ2n) is 5.26. The van der Waals surface area contributed by atoms with Gasteiger partial charge in [-0.2, -0.15) is 0 Å². The van der Waals surface area contributed by atoms with E-state index >= 15 is 0 Å². The number of rotatable bonds is 1. The van der Waals surface area contributed by atoms with Gasteiger partial charge in [0.2, 0.25) is 0 Å². The number of hydrogen-bond acceptors (Lipinski definition) is 3. The number of piperidine rings is 1. The van der Waals surface area contributed by atoms with Gasteiger partial charge in [-0.05, 0) is 24.6 Å². The monoisotopic (exact) mass is 339 g/mol. The zero-order chi connectivity index (χ0) is 14.0. The van der Waals surface area contributed by atoms with E-state index in [2.05, 4.69) is 15.9 Å². The first-order valence-corrected chi connectivity index (χ1v) is 7.81. The Morgan fingerprint density at radius 3 is 2.55 bits per heavy atom. The summed E-state index contributed by atoms with van der Waals surface area (Å²) < 4.78 is 12.5. The van der Waals surface area contributed by atoms with Gasteiger partial charge in [-0.15, -0.1) is 0 Å². The first-order valence-electron chi connectivity index (χ1n) is 7.01. The van der Waals surface area contributed by atoms with Crippen LogP contribution in [0.25, 0.3) is 0 Å². The van der Waals surface area contributed by atoms with Gasteiger partial charge in [0.1, 0.15) is 0 Å². The summed E-state index contributed by atoms with van der Waals surface area (Å²) >= 11 is 3.40. The molecule has 0 saturated carbocycles. The summed E-state index contributed by atoms with van der Waals surface area (Å²) in [7, 11) is 0. The van der Waals surface area contributed by atoms with Crippen LogP contribution in [0.15, 0.2) is 28.7 Å². The summed E-state index contributed by atoms with van der Waals surface area (Å²) in [4.78, 5) is 14.3. The number of hydrogen-bond donors (Lipinski definition) is 0.